The van der Waals surface area contributed by atoms with Crippen molar-refractivity contribution in [1.82, 2.24) is 35.0 Å². The fourth-order valence-electron chi connectivity index (χ4n) is 5.91. The van der Waals surface area contributed by atoms with Crippen LogP contribution in [0.1, 0.15) is 17.5 Å². The minimum Gasteiger partial charge on any atom is -0.335 e. The Hall–Kier alpha value is -4.69. The Labute approximate surface area is 260 Å². The predicted octanol–water partition coefficient (Wildman–Crippen LogP) is 5.94. The van der Waals surface area contributed by atoms with Crippen molar-refractivity contribution in [1.29, 1.82) is 0 Å². The van der Waals surface area contributed by atoms with Crippen molar-refractivity contribution in [2.24, 2.45) is 0 Å². The molecule has 0 atom stereocenters. The van der Waals surface area contributed by atoms with Crippen LogP contribution >= 0.6 is 0 Å². The van der Waals surface area contributed by atoms with Crippen molar-refractivity contribution in [3.63, 3.8) is 0 Å². The lowest BCUT2D eigenvalue weighted by molar-refractivity contribution is 0.0115. The van der Waals surface area contributed by atoms with Crippen LogP contribution in [0.2, 0.25) is 0 Å². The summed E-state index contributed by atoms with van der Waals surface area (Å²) in [7, 11) is -3.24. The number of aryl methyl sites for hydroxylation is 1. The number of aromatic nitrogens is 6. The number of H-pyrrole nitrogens is 2. The van der Waals surface area contributed by atoms with Gasteiger partial charge in [0.15, 0.2) is 11.5 Å². The second-order valence-corrected chi connectivity index (χ2v) is 14.0. The van der Waals surface area contributed by atoms with E-state index >= 15 is 4.39 Å². The van der Waals surface area contributed by atoms with E-state index in [1.54, 1.807) is 41.4 Å². The lowest BCUT2D eigenvalue weighted by Crippen LogP contribution is -2.24. The molecule has 0 bridgehead atoms. The first kappa shape index (κ1) is 30.0. The minimum atomic E-state index is -3.24. The van der Waals surface area contributed by atoms with Gasteiger partial charge in [0.2, 0.25) is 0 Å². The molecular formula is C32H27F4N7O2S. The zero-order chi connectivity index (χ0) is 32.2. The van der Waals surface area contributed by atoms with Crippen LogP contribution in [0.15, 0.2) is 61.1 Å². The highest BCUT2D eigenvalue weighted by Gasteiger charge is 2.38. The SMILES string of the molecule is CS(=O)(=O)CCc1cc(F)cc(-c2ccnc3nc(-c4n[nH]c5ccc(-c6cncc(CN7CCC(F)(F)C7)c6)c(F)c45)[nH]c23)c1. The number of benzene rings is 2. The molecule has 0 aliphatic carbocycles. The number of likely N-dealkylation sites (tertiary alicyclic amines) is 1. The Bertz CT molecular complexity index is 2230. The highest BCUT2D eigenvalue weighted by molar-refractivity contribution is 7.90. The predicted molar refractivity (Wildman–Crippen MR) is 166 cm³/mol. The average Bonchev–Trinajstić information content (AvgIpc) is 3.72. The molecule has 1 aliphatic rings. The Balaban J connectivity index is 1.25. The van der Waals surface area contributed by atoms with E-state index in [0.717, 1.165) is 6.26 Å². The first-order valence-electron chi connectivity index (χ1n) is 14.5. The summed E-state index contributed by atoms with van der Waals surface area (Å²) >= 11 is 0. The van der Waals surface area contributed by atoms with Crippen molar-refractivity contribution < 1.29 is 26.0 Å². The molecular weight excluding hydrogens is 622 g/mol. The van der Waals surface area contributed by atoms with E-state index in [9.17, 15) is 21.6 Å². The van der Waals surface area contributed by atoms with Gasteiger partial charge in [-0.3, -0.25) is 15.0 Å². The summed E-state index contributed by atoms with van der Waals surface area (Å²) in [4.78, 5) is 18.0. The van der Waals surface area contributed by atoms with Gasteiger partial charge in [-0.25, -0.2) is 35.9 Å². The maximum Gasteiger partial charge on any atom is 0.261 e. The number of imidazole rings is 1. The Morgan fingerprint density at radius 1 is 1.00 bits per heavy atom. The molecule has 1 saturated heterocycles. The lowest BCUT2D eigenvalue weighted by atomic mass is 10.0. The summed E-state index contributed by atoms with van der Waals surface area (Å²) in [6, 6.07) is 11.1. The normalized spacial score (nSPS) is 15.3. The molecule has 0 saturated carbocycles. The summed E-state index contributed by atoms with van der Waals surface area (Å²) in [6.07, 6.45) is 5.72. The second-order valence-electron chi connectivity index (χ2n) is 11.7. The number of nitrogens with zero attached hydrogens (tertiary/aromatic N) is 5. The molecule has 0 amide bonds. The van der Waals surface area contributed by atoms with E-state index in [2.05, 4.69) is 30.1 Å². The molecule has 14 heteroatoms. The van der Waals surface area contributed by atoms with Gasteiger partial charge < -0.3 is 4.98 Å². The largest absolute Gasteiger partial charge is 0.335 e. The average molecular weight is 650 g/mol. The molecule has 7 rings (SSSR count). The smallest absolute Gasteiger partial charge is 0.261 e. The van der Waals surface area contributed by atoms with E-state index in [4.69, 9.17) is 0 Å². The number of fused-ring (bicyclic) bond motifs is 2. The number of pyridine rings is 2. The lowest BCUT2D eigenvalue weighted by Gasteiger charge is -2.16. The molecule has 0 radical (unpaired) electrons. The van der Waals surface area contributed by atoms with Gasteiger partial charge in [-0.15, -0.1) is 0 Å². The quantitative estimate of drug-likeness (QED) is 0.196. The Kier molecular flexibility index (Phi) is 7.35. The summed E-state index contributed by atoms with van der Waals surface area (Å²) in [5.74, 6) is -3.69. The fourth-order valence-corrected chi connectivity index (χ4v) is 6.51. The number of rotatable bonds is 8. The van der Waals surface area contributed by atoms with Crippen molar-refractivity contribution in [3.05, 3.63) is 83.8 Å². The van der Waals surface area contributed by atoms with E-state index in [0.29, 0.717) is 44.5 Å². The molecule has 2 N–H and O–H groups in total. The zero-order valence-electron chi connectivity index (χ0n) is 24.5. The first-order valence-corrected chi connectivity index (χ1v) is 16.5. The summed E-state index contributed by atoms with van der Waals surface area (Å²) in [5.41, 5.74) is 4.42. The van der Waals surface area contributed by atoms with Gasteiger partial charge in [-0.2, -0.15) is 5.10 Å². The van der Waals surface area contributed by atoms with Gasteiger partial charge in [0, 0.05) is 61.0 Å². The molecule has 2 aromatic carbocycles. The molecule has 1 aliphatic heterocycles. The van der Waals surface area contributed by atoms with Gasteiger partial charge in [0.05, 0.1) is 28.7 Å². The second kappa shape index (κ2) is 11.3. The number of sulfone groups is 1. The third-order valence-electron chi connectivity index (χ3n) is 8.07. The van der Waals surface area contributed by atoms with Gasteiger partial charge >= 0.3 is 0 Å². The summed E-state index contributed by atoms with van der Waals surface area (Å²) in [6.45, 7) is 0.219. The molecule has 9 nitrogen and oxygen atoms in total. The maximum absolute atomic E-state index is 16.3. The molecule has 236 valence electrons. The van der Waals surface area contributed by atoms with Crippen LogP contribution in [-0.2, 0) is 22.8 Å². The van der Waals surface area contributed by atoms with Crippen LogP contribution in [0.5, 0.6) is 0 Å². The van der Waals surface area contributed by atoms with Crippen LogP contribution in [0.4, 0.5) is 17.6 Å². The molecule has 46 heavy (non-hydrogen) atoms. The summed E-state index contributed by atoms with van der Waals surface area (Å²) < 4.78 is 81.7. The van der Waals surface area contributed by atoms with Crippen LogP contribution in [0.3, 0.4) is 0 Å². The Morgan fingerprint density at radius 3 is 2.61 bits per heavy atom. The summed E-state index contributed by atoms with van der Waals surface area (Å²) in [5, 5.41) is 7.36. The fraction of sp³-hybridized carbons (Fsp3) is 0.250. The first-order chi connectivity index (χ1) is 21.9. The third kappa shape index (κ3) is 5.97. The topological polar surface area (TPSA) is 121 Å². The van der Waals surface area contributed by atoms with Gasteiger partial charge in [-0.1, -0.05) is 6.07 Å². The molecule has 0 unspecified atom stereocenters. The van der Waals surface area contributed by atoms with Crippen LogP contribution < -0.4 is 0 Å². The van der Waals surface area contributed by atoms with Crippen molar-refractivity contribution in [2.75, 3.05) is 25.1 Å². The van der Waals surface area contributed by atoms with Gasteiger partial charge in [0.1, 0.15) is 27.2 Å². The monoisotopic (exact) mass is 649 g/mol. The number of aromatic amines is 2. The van der Waals surface area contributed by atoms with Gasteiger partial charge in [0.25, 0.3) is 5.92 Å². The van der Waals surface area contributed by atoms with E-state index < -0.39 is 27.4 Å². The number of alkyl halides is 2. The standard InChI is InChI=1S/C32H27F4N7O2S/c1-46(44,45)9-5-18-10-20(13-22(33)12-18)24-4-7-38-30-28(24)39-31(40-30)29-26-25(41-42-29)3-2-23(27(26)34)21-11-19(14-37-15-21)16-43-8-6-32(35,36)17-43/h2-4,7,10-15H,5-6,8-9,16-17H2,1H3,(H,41,42)(H,38,39,40). The molecule has 5 heterocycles. The van der Waals surface area contributed by atoms with Crippen LogP contribution in [-0.4, -0.2) is 74.5 Å². The number of hydrogen-bond acceptors (Lipinski definition) is 7. The molecule has 4 aromatic heterocycles. The molecule has 1 fully saturated rings. The van der Waals surface area contributed by atoms with E-state index in [1.165, 1.54) is 24.5 Å². The van der Waals surface area contributed by atoms with E-state index in [-0.39, 0.29) is 60.7 Å². The van der Waals surface area contributed by atoms with E-state index in [1.807, 2.05) is 0 Å². The van der Waals surface area contributed by atoms with Crippen molar-refractivity contribution in [2.45, 2.75) is 25.3 Å². The highest BCUT2D eigenvalue weighted by atomic mass is 32.2. The van der Waals surface area contributed by atoms with Crippen LogP contribution in [0, 0.1) is 11.6 Å². The Morgan fingerprint density at radius 2 is 1.83 bits per heavy atom. The number of halogens is 4. The highest BCUT2D eigenvalue weighted by Crippen LogP contribution is 2.36. The maximum atomic E-state index is 16.3. The van der Waals surface area contributed by atoms with Crippen LogP contribution in [0.25, 0.3) is 55.8 Å². The van der Waals surface area contributed by atoms with Gasteiger partial charge in [-0.05, 0) is 59.5 Å². The third-order valence-corrected chi connectivity index (χ3v) is 9.02. The minimum absolute atomic E-state index is 0.118. The molecule has 0 spiro atoms. The molecule has 6 aromatic rings. The number of nitrogens with one attached hydrogen (secondary N) is 2. The zero-order valence-corrected chi connectivity index (χ0v) is 25.3. The van der Waals surface area contributed by atoms with Crippen molar-refractivity contribution >= 4 is 31.9 Å². The van der Waals surface area contributed by atoms with Crippen molar-refractivity contribution in [3.8, 4) is 33.8 Å². The number of hydrogen-bond donors (Lipinski definition) is 2.